The van der Waals surface area contributed by atoms with Crippen molar-refractivity contribution in [1.29, 1.82) is 0 Å². The Kier molecular flexibility index (Phi) is 5.80. The highest BCUT2D eigenvalue weighted by molar-refractivity contribution is 8.26. The second-order valence-corrected chi connectivity index (χ2v) is 11.5. The number of benzene rings is 2. The first kappa shape index (κ1) is 22.1. The van der Waals surface area contributed by atoms with Gasteiger partial charge in [0.15, 0.2) is 0 Å². The van der Waals surface area contributed by atoms with Gasteiger partial charge in [0.2, 0.25) is 5.12 Å². The van der Waals surface area contributed by atoms with Crippen LogP contribution in [0.5, 0.6) is 0 Å². The van der Waals surface area contributed by atoms with Gasteiger partial charge in [0.05, 0.1) is 0 Å². The number of carbonyl (C=O) groups is 2. The smallest absolute Gasteiger partial charge is 0.289 e. The van der Waals surface area contributed by atoms with Gasteiger partial charge in [-0.3, -0.25) is 9.59 Å². The lowest BCUT2D eigenvalue weighted by Crippen LogP contribution is -2.39. The minimum Gasteiger partial charge on any atom is -0.321 e. The molecule has 1 aliphatic heterocycles. The first-order valence-corrected chi connectivity index (χ1v) is 12.1. The molecule has 3 nitrogen and oxygen atoms in total. The summed E-state index contributed by atoms with van der Waals surface area (Å²) in [5.74, 6) is 0.167. The summed E-state index contributed by atoms with van der Waals surface area (Å²) in [6, 6.07) is 16.5. The highest BCUT2D eigenvalue weighted by atomic mass is 32.2. The molecule has 2 aromatic rings. The van der Waals surface area contributed by atoms with E-state index in [4.69, 9.17) is 0 Å². The maximum Gasteiger partial charge on any atom is 0.289 e. The van der Waals surface area contributed by atoms with Gasteiger partial charge in [-0.2, -0.15) is 0 Å². The molecular weight excluding hydrogens is 402 g/mol. The Hall–Kier alpha value is -2.07. The third kappa shape index (κ3) is 4.32. The monoisotopic (exact) mass is 435 g/mol. The van der Waals surface area contributed by atoms with Gasteiger partial charge in [-0.05, 0) is 51.8 Å². The summed E-state index contributed by atoms with van der Waals surface area (Å²) in [7, 11) is 0. The van der Waals surface area contributed by atoms with Crippen molar-refractivity contribution in [3.63, 3.8) is 0 Å². The van der Waals surface area contributed by atoms with Crippen LogP contribution in [0, 0.1) is 0 Å². The molecule has 4 rings (SSSR count). The summed E-state index contributed by atoms with van der Waals surface area (Å²) >= 11 is 0.864. The highest BCUT2D eigenvalue weighted by Gasteiger charge is 2.41. The number of hydrogen-bond acceptors (Lipinski definition) is 3. The van der Waals surface area contributed by atoms with Crippen molar-refractivity contribution in [2.24, 2.45) is 0 Å². The molecule has 164 valence electrons. The fourth-order valence-electron chi connectivity index (χ4n) is 5.01. The van der Waals surface area contributed by atoms with E-state index >= 15 is 0 Å². The average molecular weight is 436 g/mol. The zero-order valence-electron chi connectivity index (χ0n) is 19.3. The van der Waals surface area contributed by atoms with Crippen molar-refractivity contribution in [3.8, 4) is 0 Å². The Morgan fingerprint density at radius 1 is 0.968 bits per heavy atom. The van der Waals surface area contributed by atoms with Crippen molar-refractivity contribution >= 4 is 22.1 Å². The molecule has 0 spiro atoms. The molecule has 2 unspecified atom stereocenters. The topological polar surface area (TPSA) is 37.4 Å². The van der Waals surface area contributed by atoms with E-state index in [0.717, 1.165) is 17.3 Å². The molecule has 1 amide bonds. The lowest BCUT2D eigenvalue weighted by Gasteiger charge is -2.42. The number of amides is 1. The standard InChI is InChI=1S/C27H33NO2S/c1-18(20-11-12-21-22(16-20)27(4,5)14-13-26(21,2)3)17-28-23(24(29)31-25(28)30)15-19-9-7-6-8-10-19/h6-12,16,18,23H,13-15,17H2,1-5H3. The molecule has 1 aliphatic carbocycles. The molecule has 0 aromatic heterocycles. The highest BCUT2D eigenvalue weighted by Crippen LogP contribution is 2.46. The van der Waals surface area contributed by atoms with Crippen LogP contribution < -0.4 is 0 Å². The largest absolute Gasteiger partial charge is 0.321 e. The lowest BCUT2D eigenvalue weighted by molar-refractivity contribution is -0.114. The fourth-order valence-corrected chi connectivity index (χ4v) is 5.85. The maximum absolute atomic E-state index is 12.6. The van der Waals surface area contributed by atoms with E-state index in [1.54, 1.807) is 4.90 Å². The number of nitrogens with zero attached hydrogens (tertiary/aromatic N) is 1. The number of carbonyl (C=O) groups excluding carboxylic acids is 2. The van der Waals surface area contributed by atoms with Gasteiger partial charge in [-0.1, -0.05) is 83.1 Å². The van der Waals surface area contributed by atoms with Gasteiger partial charge in [0.1, 0.15) is 6.04 Å². The van der Waals surface area contributed by atoms with Gasteiger partial charge in [0.25, 0.3) is 5.24 Å². The maximum atomic E-state index is 12.6. The molecule has 0 radical (unpaired) electrons. The van der Waals surface area contributed by atoms with Crippen molar-refractivity contribution in [1.82, 2.24) is 4.90 Å². The summed E-state index contributed by atoms with van der Waals surface area (Å²) in [4.78, 5) is 27.0. The minimum absolute atomic E-state index is 0.0330. The first-order valence-electron chi connectivity index (χ1n) is 11.3. The molecule has 1 heterocycles. The Morgan fingerprint density at radius 2 is 1.61 bits per heavy atom. The van der Waals surface area contributed by atoms with Crippen molar-refractivity contribution < 1.29 is 9.59 Å². The van der Waals surface area contributed by atoms with Gasteiger partial charge in [-0.25, -0.2) is 0 Å². The third-order valence-corrected chi connectivity index (χ3v) is 8.14. The Bertz CT molecular complexity index is 996. The number of hydrogen-bond donors (Lipinski definition) is 0. The van der Waals surface area contributed by atoms with Crippen LogP contribution in [0.1, 0.15) is 75.6 Å². The van der Waals surface area contributed by atoms with E-state index < -0.39 is 0 Å². The van der Waals surface area contributed by atoms with Crippen molar-refractivity contribution in [2.45, 2.75) is 76.7 Å². The molecule has 0 bridgehead atoms. The van der Waals surface area contributed by atoms with Crippen molar-refractivity contribution in [2.75, 3.05) is 6.54 Å². The predicted octanol–water partition coefficient (Wildman–Crippen LogP) is 6.45. The van der Waals surface area contributed by atoms with Crippen molar-refractivity contribution in [3.05, 3.63) is 70.8 Å². The Labute approximate surface area is 190 Å². The quantitative estimate of drug-likeness (QED) is 0.542. The molecule has 31 heavy (non-hydrogen) atoms. The van der Waals surface area contributed by atoms with Crippen LogP contribution in [-0.2, 0) is 22.0 Å². The number of fused-ring (bicyclic) bond motifs is 1. The van der Waals surface area contributed by atoms with E-state index in [9.17, 15) is 9.59 Å². The molecule has 2 aliphatic rings. The molecule has 0 saturated carbocycles. The zero-order chi connectivity index (χ0) is 22.4. The van der Waals surface area contributed by atoms with Crippen LogP contribution in [0.15, 0.2) is 48.5 Å². The molecular formula is C27H33NO2S. The lowest BCUT2D eigenvalue weighted by atomic mass is 9.63. The SMILES string of the molecule is CC(CN1C(=O)SC(=O)C1Cc1ccccc1)c1ccc2c(c1)C(C)(C)CCC2(C)C. The molecule has 1 fully saturated rings. The second-order valence-electron chi connectivity index (χ2n) is 10.5. The van der Waals surface area contributed by atoms with Gasteiger partial charge in [-0.15, -0.1) is 0 Å². The van der Waals surface area contributed by atoms with E-state index in [-0.39, 0.29) is 33.1 Å². The molecule has 0 N–H and O–H groups in total. The van der Waals surface area contributed by atoms with E-state index in [1.807, 2.05) is 30.3 Å². The van der Waals surface area contributed by atoms with Crippen LogP contribution in [0.3, 0.4) is 0 Å². The third-order valence-electron chi connectivity index (χ3n) is 7.26. The predicted molar refractivity (Wildman–Crippen MR) is 129 cm³/mol. The molecule has 2 aromatic carbocycles. The van der Waals surface area contributed by atoms with Gasteiger partial charge >= 0.3 is 0 Å². The molecule has 4 heteroatoms. The average Bonchev–Trinajstić information content (AvgIpc) is 2.99. The van der Waals surface area contributed by atoms with E-state index in [1.165, 1.54) is 29.5 Å². The summed E-state index contributed by atoms with van der Waals surface area (Å²) in [5, 5.41) is -0.147. The van der Waals surface area contributed by atoms with Crippen LogP contribution in [0.25, 0.3) is 0 Å². The Balaban J connectivity index is 1.58. The summed E-state index contributed by atoms with van der Waals surface area (Å²) in [6.45, 7) is 12.1. The zero-order valence-corrected chi connectivity index (χ0v) is 20.1. The van der Waals surface area contributed by atoms with Crippen LogP contribution >= 0.6 is 11.8 Å². The summed E-state index contributed by atoms with van der Waals surface area (Å²) in [5.41, 5.74) is 5.58. The molecule has 1 saturated heterocycles. The fraction of sp³-hybridized carbons (Fsp3) is 0.481. The minimum atomic E-state index is -0.379. The summed E-state index contributed by atoms with van der Waals surface area (Å²) in [6.07, 6.45) is 2.96. The van der Waals surface area contributed by atoms with Crippen LogP contribution in [0.4, 0.5) is 4.79 Å². The van der Waals surface area contributed by atoms with Gasteiger partial charge < -0.3 is 4.90 Å². The first-order chi connectivity index (χ1) is 14.6. The van der Waals surface area contributed by atoms with Gasteiger partial charge in [0, 0.05) is 24.7 Å². The van der Waals surface area contributed by atoms with Crippen LogP contribution in [-0.4, -0.2) is 27.8 Å². The van der Waals surface area contributed by atoms with E-state index in [0.29, 0.717) is 13.0 Å². The van der Waals surface area contributed by atoms with Crippen LogP contribution in [0.2, 0.25) is 0 Å². The number of thioether (sulfide) groups is 1. The van der Waals surface area contributed by atoms with E-state index in [2.05, 4.69) is 52.8 Å². The Morgan fingerprint density at radius 3 is 2.29 bits per heavy atom. The normalized spacial score (nSPS) is 23.0. The summed E-state index contributed by atoms with van der Waals surface area (Å²) < 4.78 is 0. The number of rotatable bonds is 5. The molecule has 2 atom stereocenters. The second kappa shape index (κ2) is 8.12.